The highest BCUT2D eigenvalue weighted by atomic mass is 79.9. The van der Waals surface area contributed by atoms with E-state index in [9.17, 15) is 13.2 Å². The lowest BCUT2D eigenvalue weighted by Gasteiger charge is -2.15. The molecule has 2 rings (SSSR count). The molecule has 0 aliphatic rings. The van der Waals surface area contributed by atoms with Gasteiger partial charge in [0.15, 0.2) is 0 Å². The number of rotatable bonds is 4. The average Bonchev–Trinajstić information content (AvgIpc) is 2.83. The zero-order chi connectivity index (χ0) is 14.8. The molecule has 1 aromatic heterocycles. The van der Waals surface area contributed by atoms with Gasteiger partial charge in [-0.2, -0.15) is 18.3 Å². The highest BCUT2D eigenvalue weighted by Gasteiger charge is 2.33. The third-order valence-electron chi connectivity index (χ3n) is 2.72. The smallest absolute Gasteiger partial charge is 0.377 e. The molecule has 1 heterocycles. The van der Waals surface area contributed by atoms with Crippen LogP contribution in [0.25, 0.3) is 0 Å². The highest BCUT2D eigenvalue weighted by Crippen LogP contribution is 2.36. The molecule has 0 radical (unpaired) electrons. The molecule has 2 aromatic rings. The van der Waals surface area contributed by atoms with Gasteiger partial charge in [-0.15, -0.1) is 0 Å². The highest BCUT2D eigenvalue weighted by molar-refractivity contribution is 9.10. The van der Waals surface area contributed by atoms with Crippen molar-refractivity contribution in [2.45, 2.75) is 26.2 Å². The zero-order valence-electron chi connectivity index (χ0n) is 10.6. The maximum absolute atomic E-state index is 12.9. The molecule has 0 saturated carbocycles. The van der Waals surface area contributed by atoms with Gasteiger partial charge in [-0.1, -0.05) is 15.9 Å². The number of aryl methyl sites for hydroxylation is 1. The zero-order valence-corrected chi connectivity index (χ0v) is 12.2. The van der Waals surface area contributed by atoms with Gasteiger partial charge in [0.1, 0.15) is 12.2 Å². The average molecular weight is 349 g/mol. The van der Waals surface area contributed by atoms with Crippen molar-refractivity contribution in [1.29, 1.82) is 0 Å². The van der Waals surface area contributed by atoms with Crippen molar-refractivity contribution in [3.05, 3.63) is 40.4 Å². The molecular formula is C12H12BrF3N4. The summed E-state index contributed by atoms with van der Waals surface area (Å²) >= 11 is 3.05. The van der Waals surface area contributed by atoms with Gasteiger partial charge in [-0.3, -0.25) is 0 Å². The van der Waals surface area contributed by atoms with E-state index in [1.807, 2.05) is 6.92 Å². The van der Waals surface area contributed by atoms with Crippen LogP contribution in [-0.2, 0) is 19.3 Å². The van der Waals surface area contributed by atoms with E-state index in [2.05, 4.69) is 31.3 Å². The van der Waals surface area contributed by atoms with Crippen molar-refractivity contribution in [3.8, 4) is 0 Å². The minimum atomic E-state index is -4.41. The summed E-state index contributed by atoms with van der Waals surface area (Å²) in [5.41, 5.74) is -0.694. The SMILES string of the molecule is CCn1ncnc1CNc1ccc(Br)cc1C(F)(F)F. The lowest BCUT2D eigenvalue weighted by atomic mass is 10.1. The molecule has 0 spiro atoms. The Labute approximate surface area is 122 Å². The van der Waals surface area contributed by atoms with Gasteiger partial charge in [0, 0.05) is 16.7 Å². The van der Waals surface area contributed by atoms with Gasteiger partial charge in [0.25, 0.3) is 0 Å². The lowest BCUT2D eigenvalue weighted by molar-refractivity contribution is -0.137. The molecule has 20 heavy (non-hydrogen) atoms. The van der Waals surface area contributed by atoms with Crippen molar-refractivity contribution >= 4 is 21.6 Å². The summed E-state index contributed by atoms with van der Waals surface area (Å²) in [5.74, 6) is 0.587. The number of alkyl halides is 3. The number of aromatic nitrogens is 3. The summed E-state index contributed by atoms with van der Waals surface area (Å²) < 4.78 is 40.8. The maximum atomic E-state index is 12.9. The summed E-state index contributed by atoms with van der Waals surface area (Å²) in [6.07, 6.45) is -3.03. The molecule has 0 fully saturated rings. The molecule has 108 valence electrons. The summed E-state index contributed by atoms with van der Waals surface area (Å²) in [5, 5.41) is 6.73. The van der Waals surface area contributed by atoms with Crippen LogP contribution in [0.3, 0.4) is 0 Å². The van der Waals surface area contributed by atoms with E-state index in [0.29, 0.717) is 16.8 Å². The van der Waals surface area contributed by atoms with E-state index < -0.39 is 11.7 Å². The first kappa shape index (κ1) is 14.8. The van der Waals surface area contributed by atoms with Gasteiger partial charge in [-0.25, -0.2) is 9.67 Å². The van der Waals surface area contributed by atoms with Crippen LogP contribution in [-0.4, -0.2) is 14.8 Å². The van der Waals surface area contributed by atoms with Gasteiger partial charge >= 0.3 is 6.18 Å². The van der Waals surface area contributed by atoms with Crippen LogP contribution in [0.15, 0.2) is 29.0 Å². The molecule has 0 saturated heterocycles. The predicted octanol–water partition coefficient (Wildman–Crippen LogP) is 3.69. The Morgan fingerprint density at radius 1 is 1.35 bits per heavy atom. The fourth-order valence-electron chi connectivity index (χ4n) is 1.77. The second-order valence-corrected chi connectivity index (χ2v) is 4.95. The van der Waals surface area contributed by atoms with Gasteiger partial charge in [0.2, 0.25) is 0 Å². The molecule has 0 aliphatic carbocycles. The van der Waals surface area contributed by atoms with Gasteiger partial charge < -0.3 is 5.32 Å². The van der Waals surface area contributed by atoms with E-state index in [4.69, 9.17) is 0 Å². The van der Waals surface area contributed by atoms with Crippen LogP contribution in [0.2, 0.25) is 0 Å². The predicted molar refractivity (Wildman–Crippen MR) is 72.2 cm³/mol. The summed E-state index contributed by atoms with van der Waals surface area (Å²) in [6.45, 7) is 2.68. The lowest BCUT2D eigenvalue weighted by Crippen LogP contribution is -2.13. The number of hydrogen-bond donors (Lipinski definition) is 1. The number of nitrogens with zero attached hydrogens (tertiary/aromatic N) is 3. The van der Waals surface area contributed by atoms with Crippen LogP contribution in [0.4, 0.5) is 18.9 Å². The minimum absolute atomic E-state index is 0.0198. The van der Waals surface area contributed by atoms with Crippen molar-refractivity contribution in [3.63, 3.8) is 0 Å². The Bertz CT molecular complexity index is 595. The van der Waals surface area contributed by atoms with Crippen LogP contribution in [0.5, 0.6) is 0 Å². The molecule has 1 N–H and O–H groups in total. The van der Waals surface area contributed by atoms with Crippen LogP contribution >= 0.6 is 15.9 Å². The summed E-state index contributed by atoms with van der Waals surface area (Å²) in [7, 11) is 0. The molecule has 0 amide bonds. The molecule has 0 aliphatic heterocycles. The van der Waals surface area contributed by atoms with Crippen molar-refractivity contribution < 1.29 is 13.2 Å². The molecule has 0 atom stereocenters. The monoisotopic (exact) mass is 348 g/mol. The molecular weight excluding hydrogens is 337 g/mol. The fourth-order valence-corrected chi connectivity index (χ4v) is 2.13. The minimum Gasteiger partial charge on any atom is -0.377 e. The van der Waals surface area contributed by atoms with Crippen LogP contribution in [0.1, 0.15) is 18.3 Å². The maximum Gasteiger partial charge on any atom is 0.418 e. The Kier molecular flexibility index (Phi) is 4.32. The van der Waals surface area contributed by atoms with Gasteiger partial charge in [0.05, 0.1) is 12.1 Å². The van der Waals surface area contributed by atoms with Gasteiger partial charge in [-0.05, 0) is 25.1 Å². The van der Waals surface area contributed by atoms with Crippen molar-refractivity contribution in [2.24, 2.45) is 0 Å². The molecule has 0 unspecified atom stereocenters. The van der Waals surface area contributed by atoms with Crippen molar-refractivity contribution in [1.82, 2.24) is 14.8 Å². The molecule has 1 aromatic carbocycles. The number of hydrogen-bond acceptors (Lipinski definition) is 3. The van der Waals surface area contributed by atoms with E-state index in [1.165, 1.54) is 12.4 Å². The fraction of sp³-hybridized carbons (Fsp3) is 0.333. The Hall–Kier alpha value is -1.57. The normalized spacial score (nSPS) is 11.7. The molecule has 8 heteroatoms. The standard InChI is InChI=1S/C12H12BrF3N4/c1-2-20-11(18-7-19-20)6-17-10-4-3-8(13)5-9(10)12(14,15)16/h3-5,7,17H,2,6H2,1H3. The first-order valence-electron chi connectivity index (χ1n) is 5.89. The molecule has 4 nitrogen and oxygen atoms in total. The quantitative estimate of drug-likeness (QED) is 0.916. The Morgan fingerprint density at radius 2 is 2.10 bits per heavy atom. The number of benzene rings is 1. The van der Waals surface area contributed by atoms with E-state index in [1.54, 1.807) is 10.7 Å². The summed E-state index contributed by atoms with van der Waals surface area (Å²) in [6, 6.07) is 3.99. The third kappa shape index (κ3) is 3.30. The Morgan fingerprint density at radius 3 is 2.75 bits per heavy atom. The number of halogens is 4. The van der Waals surface area contributed by atoms with E-state index in [-0.39, 0.29) is 12.2 Å². The van der Waals surface area contributed by atoms with Crippen LogP contribution < -0.4 is 5.32 Å². The third-order valence-corrected chi connectivity index (χ3v) is 3.21. The first-order valence-corrected chi connectivity index (χ1v) is 6.68. The first-order chi connectivity index (χ1) is 9.41. The van der Waals surface area contributed by atoms with E-state index in [0.717, 1.165) is 6.07 Å². The number of nitrogens with one attached hydrogen (secondary N) is 1. The second kappa shape index (κ2) is 5.82. The van der Waals surface area contributed by atoms with E-state index >= 15 is 0 Å². The largest absolute Gasteiger partial charge is 0.418 e. The topological polar surface area (TPSA) is 42.7 Å². The number of anilines is 1. The van der Waals surface area contributed by atoms with Crippen LogP contribution in [0, 0.1) is 0 Å². The molecule has 0 bridgehead atoms. The summed E-state index contributed by atoms with van der Waals surface area (Å²) in [4.78, 5) is 4.01. The van der Waals surface area contributed by atoms with Crippen molar-refractivity contribution in [2.75, 3.05) is 5.32 Å². The second-order valence-electron chi connectivity index (χ2n) is 4.03. The Balaban J connectivity index is 2.22.